The summed E-state index contributed by atoms with van der Waals surface area (Å²) < 4.78 is 37.5. The molecular formula is C11H20F3N. The van der Waals surface area contributed by atoms with Crippen LogP contribution in [0.4, 0.5) is 13.2 Å². The van der Waals surface area contributed by atoms with Gasteiger partial charge in [-0.15, -0.1) is 0 Å². The van der Waals surface area contributed by atoms with Gasteiger partial charge in [0.25, 0.3) is 0 Å². The summed E-state index contributed by atoms with van der Waals surface area (Å²) in [5.41, 5.74) is 0. The summed E-state index contributed by atoms with van der Waals surface area (Å²) in [6, 6.07) is -1.24. The van der Waals surface area contributed by atoms with Crippen LogP contribution in [0.25, 0.3) is 0 Å². The molecule has 1 rings (SSSR count). The van der Waals surface area contributed by atoms with E-state index in [1.165, 1.54) is 0 Å². The lowest BCUT2D eigenvalue weighted by molar-refractivity contribution is -0.164. The van der Waals surface area contributed by atoms with E-state index < -0.39 is 12.2 Å². The summed E-state index contributed by atoms with van der Waals surface area (Å²) in [7, 11) is 0. The fourth-order valence-corrected chi connectivity index (χ4v) is 2.33. The number of nitrogens with one attached hydrogen (secondary N) is 1. The van der Waals surface area contributed by atoms with E-state index in [9.17, 15) is 13.2 Å². The van der Waals surface area contributed by atoms with Crippen LogP contribution in [0.15, 0.2) is 0 Å². The second kappa shape index (κ2) is 5.19. The smallest absolute Gasteiger partial charge is 0.303 e. The van der Waals surface area contributed by atoms with Crippen molar-refractivity contribution in [3.05, 3.63) is 0 Å². The van der Waals surface area contributed by atoms with Gasteiger partial charge in [0, 0.05) is 6.04 Å². The van der Waals surface area contributed by atoms with Crippen LogP contribution in [-0.2, 0) is 0 Å². The Bertz CT molecular complexity index is 191. The van der Waals surface area contributed by atoms with E-state index in [1.807, 2.05) is 6.92 Å². The van der Waals surface area contributed by atoms with Crippen molar-refractivity contribution in [1.29, 1.82) is 0 Å². The zero-order valence-electron chi connectivity index (χ0n) is 9.40. The van der Waals surface area contributed by atoms with Crippen LogP contribution in [0.2, 0.25) is 0 Å². The maximum Gasteiger partial charge on any atom is 0.403 e. The minimum atomic E-state index is -4.08. The molecule has 0 bridgehead atoms. The van der Waals surface area contributed by atoms with Crippen LogP contribution in [0.3, 0.4) is 0 Å². The van der Waals surface area contributed by atoms with Crippen LogP contribution in [0, 0.1) is 5.92 Å². The molecule has 0 aromatic heterocycles. The first-order valence-corrected chi connectivity index (χ1v) is 5.78. The molecule has 0 aliphatic carbocycles. The molecule has 1 N–H and O–H groups in total. The lowest BCUT2D eigenvalue weighted by atomic mass is 9.88. The monoisotopic (exact) mass is 223 g/mol. The molecule has 1 fully saturated rings. The average Bonchev–Trinajstić information content (AvgIpc) is 2.17. The number of alkyl halides is 3. The number of rotatable bonds is 3. The molecule has 0 radical (unpaired) electrons. The van der Waals surface area contributed by atoms with Gasteiger partial charge in [-0.1, -0.05) is 20.3 Å². The molecule has 15 heavy (non-hydrogen) atoms. The van der Waals surface area contributed by atoms with E-state index in [-0.39, 0.29) is 12.5 Å². The van der Waals surface area contributed by atoms with Crippen molar-refractivity contribution in [3.8, 4) is 0 Å². The molecule has 0 amide bonds. The Morgan fingerprint density at radius 3 is 2.53 bits per heavy atom. The second-order valence-corrected chi connectivity index (χ2v) is 4.56. The van der Waals surface area contributed by atoms with Gasteiger partial charge in [-0.3, -0.25) is 0 Å². The Balaban J connectivity index is 2.48. The van der Waals surface area contributed by atoms with Gasteiger partial charge in [-0.25, -0.2) is 0 Å². The zero-order chi connectivity index (χ0) is 11.5. The predicted octanol–water partition coefficient (Wildman–Crippen LogP) is 3.50. The summed E-state index contributed by atoms with van der Waals surface area (Å²) >= 11 is 0. The first kappa shape index (κ1) is 12.8. The molecule has 3 unspecified atom stereocenters. The van der Waals surface area contributed by atoms with E-state index in [0.717, 1.165) is 19.3 Å². The van der Waals surface area contributed by atoms with Gasteiger partial charge in [0.05, 0.1) is 0 Å². The maximum atomic E-state index is 12.5. The van der Waals surface area contributed by atoms with Crippen molar-refractivity contribution >= 4 is 0 Å². The van der Waals surface area contributed by atoms with Gasteiger partial charge >= 0.3 is 6.18 Å². The molecular weight excluding hydrogens is 203 g/mol. The highest BCUT2D eigenvalue weighted by Crippen LogP contribution is 2.30. The largest absolute Gasteiger partial charge is 0.403 e. The molecule has 1 nitrogen and oxygen atoms in total. The molecule has 0 spiro atoms. The van der Waals surface area contributed by atoms with Crippen LogP contribution < -0.4 is 5.32 Å². The lowest BCUT2D eigenvalue weighted by Crippen LogP contribution is -2.52. The quantitative estimate of drug-likeness (QED) is 0.772. The van der Waals surface area contributed by atoms with Crippen LogP contribution in [0.1, 0.15) is 46.0 Å². The van der Waals surface area contributed by atoms with Crippen LogP contribution in [-0.4, -0.2) is 18.3 Å². The van der Waals surface area contributed by atoms with Crippen molar-refractivity contribution in [1.82, 2.24) is 5.32 Å². The van der Waals surface area contributed by atoms with Gasteiger partial charge in [0.1, 0.15) is 6.04 Å². The first-order valence-electron chi connectivity index (χ1n) is 5.78. The van der Waals surface area contributed by atoms with Gasteiger partial charge in [0.15, 0.2) is 0 Å². The third-order valence-electron chi connectivity index (χ3n) is 3.25. The highest BCUT2D eigenvalue weighted by molar-refractivity contribution is 4.87. The molecule has 0 aromatic rings. The topological polar surface area (TPSA) is 12.0 Å². The van der Waals surface area contributed by atoms with Gasteiger partial charge in [0.2, 0.25) is 0 Å². The summed E-state index contributed by atoms with van der Waals surface area (Å²) in [4.78, 5) is 0. The van der Waals surface area contributed by atoms with Gasteiger partial charge in [-0.05, 0) is 31.6 Å². The minimum absolute atomic E-state index is 0.0466. The number of hydrogen-bond donors (Lipinski definition) is 1. The second-order valence-electron chi connectivity index (χ2n) is 4.56. The zero-order valence-corrected chi connectivity index (χ0v) is 9.40. The van der Waals surface area contributed by atoms with Gasteiger partial charge < -0.3 is 5.32 Å². The SMILES string of the molecule is CCCC(C)C1CCCC(C(F)(F)F)N1. The summed E-state index contributed by atoms with van der Waals surface area (Å²) in [6.07, 6.45) is -0.231. The third kappa shape index (κ3) is 3.67. The van der Waals surface area contributed by atoms with E-state index in [1.54, 1.807) is 0 Å². The normalized spacial score (nSPS) is 30.2. The van der Waals surface area contributed by atoms with E-state index >= 15 is 0 Å². The van der Waals surface area contributed by atoms with E-state index in [2.05, 4.69) is 12.2 Å². The highest BCUT2D eigenvalue weighted by atomic mass is 19.4. The fraction of sp³-hybridized carbons (Fsp3) is 1.00. The maximum absolute atomic E-state index is 12.5. The van der Waals surface area contributed by atoms with Gasteiger partial charge in [-0.2, -0.15) is 13.2 Å². The number of hydrogen-bond acceptors (Lipinski definition) is 1. The number of piperidine rings is 1. The summed E-state index contributed by atoms with van der Waals surface area (Å²) in [5.74, 6) is 0.347. The molecule has 3 atom stereocenters. The van der Waals surface area contributed by atoms with E-state index in [4.69, 9.17) is 0 Å². The molecule has 0 aromatic carbocycles. The van der Waals surface area contributed by atoms with Crippen molar-refractivity contribution in [2.75, 3.05) is 0 Å². The molecule has 1 heterocycles. The first-order chi connectivity index (χ1) is 6.95. The Hall–Kier alpha value is -0.250. The Kier molecular flexibility index (Phi) is 4.44. The van der Waals surface area contributed by atoms with E-state index in [0.29, 0.717) is 12.3 Å². The Morgan fingerprint density at radius 1 is 1.33 bits per heavy atom. The Labute approximate surface area is 89.4 Å². The van der Waals surface area contributed by atoms with Crippen molar-refractivity contribution in [2.24, 2.45) is 5.92 Å². The minimum Gasteiger partial charge on any atom is -0.303 e. The molecule has 0 saturated carbocycles. The number of halogens is 3. The third-order valence-corrected chi connectivity index (χ3v) is 3.25. The van der Waals surface area contributed by atoms with Crippen molar-refractivity contribution in [3.63, 3.8) is 0 Å². The highest BCUT2D eigenvalue weighted by Gasteiger charge is 2.42. The average molecular weight is 223 g/mol. The summed E-state index contributed by atoms with van der Waals surface area (Å²) in [5, 5.41) is 2.75. The molecule has 90 valence electrons. The fourth-order valence-electron chi connectivity index (χ4n) is 2.33. The molecule has 1 aliphatic rings. The summed E-state index contributed by atoms with van der Waals surface area (Å²) in [6.45, 7) is 4.11. The standard InChI is InChI=1S/C11H20F3N/c1-3-5-8(2)9-6-4-7-10(15-9)11(12,13)14/h8-10,15H,3-7H2,1-2H3. The molecule has 1 saturated heterocycles. The molecule has 1 aliphatic heterocycles. The van der Waals surface area contributed by atoms with Crippen LogP contribution >= 0.6 is 0 Å². The van der Waals surface area contributed by atoms with Crippen LogP contribution in [0.5, 0.6) is 0 Å². The predicted molar refractivity (Wildman–Crippen MR) is 54.7 cm³/mol. The van der Waals surface area contributed by atoms with Crippen molar-refractivity contribution in [2.45, 2.75) is 64.2 Å². The Morgan fingerprint density at radius 2 is 2.00 bits per heavy atom. The lowest BCUT2D eigenvalue weighted by Gasteiger charge is -2.35. The molecule has 4 heteroatoms. The van der Waals surface area contributed by atoms with Crippen molar-refractivity contribution < 1.29 is 13.2 Å².